The first kappa shape index (κ1) is 13.8. The second kappa shape index (κ2) is 5.17. The number of rotatable bonds is 4. The van der Waals surface area contributed by atoms with E-state index in [-0.39, 0.29) is 5.91 Å². The first-order valence-electron chi connectivity index (χ1n) is 7.21. The summed E-state index contributed by atoms with van der Waals surface area (Å²) in [7, 11) is 2.18. The summed E-state index contributed by atoms with van der Waals surface area (Å²) in [5.41, 5.74) is 5.49. The van der Waals surface area contributed by atoms with E-state index >= 15 is 0 Å². The van der Waals surface area contributed by atoms with Crippen LogP contribution in [0.15, 0.2) is 0 Å². The molecule has 0 aromatic rings. The van der Waals surface area contributed by atoms with Crippen LogP contribution in [0.3, 0.4) is 0 Å². The molecule has 0 atom stereocenters. The lowest BCUT2D eigenvalue weighted by atomic mass is 9.95. The van der Waals surface area contributed by atoms with Gasteiger partial charge in [0, 0.05) is 25.7 Å². The van der Waals surface area contributed by atoms with Gasteiger partial charge in [0.25, 0.3) is 0 Å². The SMILES string of the molecule is CC(C)N(C)CC1CCN(C(=O)C2(N)CC2)CC1. The molecule has 0 spiro atoms. The van der Waals surface area contributed by atoms with Gasteiger partial charge in [-0.25, -0.2) is 0 Å². The molecule has 4 heteroatoms. The number of amides is 1. The van der Waals surface area contributed by atoms with Crippen LogP contribution in [0, 0.1) is 5.92 Å². The summed E-state index contributed by atoms with van der Waals surface area (Å²) in [6.07, 6.45) is 4.00. The molecule has 2 rings (SSSR count). The molecular weight excluding hydrogens is 226 g/mol. The lowest BCUT2D eigenvalue weighted by molar-refractivity contribution is -0.135. The Kier molecular flexibility index (Phi) is 3.97. The molecule has 2 aliphatic rings. The Morgan fingerprint density at radius 3 is 2.39 bits per heavy atom. The molecule has 1 saturated carbocycles. The number of hydrogen-bond acceptors (Lipinski definition) is 3. The third-order valence-corrected chi connectivity index (χ3v) is 4.54. The van der Waals surface area contributed by atoms with Crippen LogP contribution in [0.25, 0.3) is 0 Å². The summed E-state index contributed by atoms with van der Waals surface area (Å²) in [4.78, 5) is 16.5. The third-order valence-electron chi connectivity index (χ3n) is 4.54. The largest absolute Gasteiger partial charge is 0.341 e. The Balaban J connectivity index is 1.76. The fourth-order valence-corrected chi connectivity index (χ4v) is 2.60. The van der Waals surface area contributed by atoms with Crippen LogP contribution in [0.2, 0.25) is 0 Å². The maximum Gasteiger partial charge on any atom is 0.242 e. The monoisotopic (exact) mass is 253 g/mol. The maximum absolute atomic E-state index is 12.1. The molecule has 18 heavy (non-hydrogen) atoms. The zero-order valence-corrected chi connectivity index (χ0v) is 12.0. The molecule has 104 valence electrons. The van der Waals surface area contributed by atoms with E-state index in [0.29, 0.717) is 6.04 Å². The van der Waals surface area contributed by atoms with Crippen LogP contribution >= 0.6 is 0 Å². The molecule has 0 radical (unpaired) electrons. The first-order chi connectivity index (χ1) is 8.42. The predicted molar refractivity (Wildman–Crippen MR) is 73.2 cm³/mol. The van der Waals surface area contributed by atoms with Gasteiger partial charge in [0.1, 0.15) is 0 Å². The summed E-state index contributed by atoms with van der Waals surface area (Å²) in [6.45, 7) is 7.39. The van der Waals surface area contributed by atoms with Gasteiger partial charge in [-0.15, -0.1) is 0 Å². The molecule has 2 fully saturated rings. The van der Waals surface area contributed by atoms with Crippen LogP contribution in [0.1, 0.15) is 39.5 Å². The van der Waals surface area contributed by atoms with Crippen molar-refractivity contribution >= 4 is 5.91 Å². The lowest BCUT2D eigenvalue weighted by Gasteiger charge is -2.36. The molecule has 2 N–H and O–H groups in total. The van der Waals surface area contributed by atoms with Gasteiger partial charge in [-0.1, -0.05) is 0 Å². The highest BCUT2D eigenvalue weighted by Crippen LogP contribution is 2.35. The van der Waals surface area contributed by atoms with E-state index < -0.39 is 5.54 Å². The van der Waals surface area contributed by atoms with Crippen LogP contribution in [0.4, 0.5) is 0 Å². The van der Waals surface area contributed by atoms with Gasteiger partial charge in [0.2, 0.25) is 5.91 Å². The Morgan fingerprint density at radius 1 is 1.39 bits per heavy atom. The molecule has 1 amide bonds. The van der Waals surface area contributed by atoms with Crippen LogP contribution in [-0.4, -0.2) is 54.0 Å². The van der Waals surface area contributed by atoms with E-state index in [0.717, 1.165) is 51.2 Å². The van der Waals surface area contributed by atoms with Gasteiger partial charge < -0.3 is 15.5 Å². The molecule has 1 heterocycles. The van der Waals surface area contributed by atoms with Crippen molar-refractivity contribution in [3.8, 4) is 0 Å². The lowest BCUT2D eigenvalue weighted by Crippen LogP contribution is -2.49. The Bertz CT molecular complexity index is 304. The minimum absolute atomic E-state index is 0.193. The van der Waals surface area contributed by atoms with E-state index in [1.807, 2.05) is 4.90 Å². The van der Waals surface area contributed by atoms with Crippen molar-refractivity contribution in [3.63, 3.8) is 0 Å². The molecule has 0 unspecified atom stereocenters. The van der Waals surface area contributed by atoms with E-state index in [1.165, 1.54) is 0 Å². The highest BCUT2D eigenvalue weighted by molar-refractivity contribution is 5.89. The number of hydrogen-bond donors (Lipinski definition) is 1. The van der Waals surface area contributed by atoms with E-state index in [9.17, 15) is 4.79 Å². The molecule has 0 aromatic heterocycles. The van der Waals surface area contributed by atoms with Crippen molar-refractivity contribution in [3.05, 3.63) is 0 Å². The zero-order valence-electron chi connectivity index (χ0n) is 12.0. The Morgan fingerprint density at radius 2 is 1.94 bits per heavy atom. The van der Waals surface area contributed by atoms with Gasteiger partial charge in [0.05, 0.1) is 5.54 Å². The highest BCUT2D eigenvalue weighted by Gasteiger charge is 2.48. The number of carbonyl (C=O) groups excluding carboxylic acids is 1. The van der Waals surface area contributed by atoms with Crippen LogP contribution in [-0.2, 0) is 4.79 Å². The van der Waals surface area contributed by atoms with E-state index in [1.54, 1.807) is 0 Å². The van der Waals surface area contributed by atoms with Gasteiger partial charge in [-0.05, 0) is 52.5 Å². The molecule has 1 aliphatic heterocycles. The fourth-order valence-electron chi connectivity index (χ4n) is 2.60. The van der Waals surface area contributed by atoms with Crippen molar-refractivity contribution in [2.24, 2.45) is 11.7 Å². The van der Waals surface area contributed by atoms with Crippen LogP contribution < -0.4 is 5.73 Å². The summed E-state index contributed by atoms with van der Waals surface area (Å²) in [5.74, 6) is 0.924. The van der Waals surface area contributed by atoms with E-state index in [4.69, 9.17) is 5.73 Å². The first-order valence-corrected chi connectivity index (χ1v) is 7.21. The molecule has 1 aliphatic carbocycles. The maximum atomic E-state index is 12.1. The summed E-state index contributed by atoms with van der Waals surface area (Å²) in [5, 5.41) is 0. The van der Waals surface area contributed by atoms with Crippen LogP contribution in [0.5, 0.6) is 0 Å². The minimum Gasteiger partial charge on any atom is -0.341 e. The van der Waals surface area contributed by atoms with Gasteiger partial charge in [0.15, 0.2) is 0 Å². The molecule has 0 bridgehead atoms. The Labute approximate surface area is 110 Å². The second-order valence-corrected chi connectivity index (χ2v) is 6.43. The normalized spacial score (nSPS) is 23.8. The quantitative estimate of drug-likeness (QED) is 0.815. The van der Waals surface area contributed by atoms with Crippen molar-refractivity contribution in [2.75, 3.05) is 26.7 Å². The van der Waals surface area contributed by atoms with Gasteiger partial charge in [-0.3, -0.25) is 4.79 Å². The van der Waals surface area contributed by atoms with Gasteiger partial charge >= 0.3 is 0 Å². The topological polar surface area (TPSA) is 49.6 Å². The number of nitrogens with two attached hydrogens (primary N) is 1. The zero-order chi connectivity index (χ0) is 13.3. The number of carbonyl (C=O) groups is 1. The molecule has 4 nitrogen and oxygen atoms in total. The summed E-state index contributed by atoms with van der Waals surface area (Å²) < 4.78 is 0. The third kappa shape index (κ3) is 3.04. The predicted octanol–water partition coefficient (Wildman–Crippen LogP) is 1.06. The fraction of sp³-hybridized carbons (Fsp3) is 0.929. The highest BCUT2D eigenvalue weighted by atomic mass is 16.2. The smallest absolute Gasteiger partial charge is 0.242 e. The van der Waals surface area contributed by atoms with Gasteiger partial charge in [-0.2, -0.15) is 0 Å². The molecule has 0 aromatic carbocycles. The summed E-state index contributed by atoms with van der Waals surface area (Å²) >= 11 is 0. The average molecular weight is 253 g/mol. The Hall–Kier alpha value is -0.610. The minimum atomic E-state index is -0.485. The number of likely N-dealkylation sites (tertiary alicyclic amines) is 1. The number of piperidine rings is 1. The van der Waals surface area contributed by atoms with Crippen molar-refractivity contribution in [2.45, 2.75) is 51.1 Å². The van der Waals surface area contributed by atoms with Crippen molar-refractivity contribution in [1.82, 2.24) is 9.80 Å². The summed E-state index contributed by atoms with van der Waals surface area (Å²) in [6, 6.07) is 0.600. The van der Waals surface area contributed by atoms with Crippen molar-refractivity contribution in [1.29, 1.82) is 0 Å². The average Bonchev–Trinajstić information content (AvgIpc) is 3.08. The van der Waals surface area contributed by atoms with Crippen molar-refractivity contribution < 1.29 is 4.79 Å². The van der Waals surface area contributed by atoms with E-state index in [2.05, 4.69) is 25.8 Å². The molecular formula is C14H27N3O. The number of nitrogens with zero attached hydrogens (tertiary/aromatic N) is 2. The second-order valence-electron chi connectivity index (χ2n) is 6.43. The molecule has 1 saturated heterocycles. The standard InChI is InChI=1S/C14H27N3O/c1-11(2)16(3)10-12-4-8-17(9-5-12)13(18)14(15)6-7-14/h11-12H,4-10,15H2,1-3H3.